The standard InChI is InChI=1S/C16H22N4O/c1-13(2)8-17-9-15-10-20(12-18-15)11-16(21)19-14-6-4-3-5-7-14/h3-7,10,12-13,17H,8-9,11H2,1-2H3,(H,19,21). The van der Waals surface area contributed by atoms with Crippen LogP contribution in [-0.2, 0) is 17.9 Å². The molecule has 112 valence electrons. The van der Waals surface area contributed by atoms with Gasteiger partial charge in [0.2, 0.25) is 5.91 Å². The van der Waals surface area contributed by atoms with Crippen molar-refractivity contribution >= 4 is 11.6 Å². The summed E-state index contributed by atoms with van der Waals surface area (Å²) in [4.78, 5) is 16.2. The van der Waals surface area contributed by atoms with E-state index in [9.17, 15) is 4.79 Å². The predicted molar refractivity (Wildman–Crippen MR) is 83.8 cm³/mol. The summed E-state index contributed by atoms with van der Waals surface area (Å²) in [6.45, 7) is 6.29. The van der Waals surface area contributed by atoms with Crippen LogP contribution in [0.1, 0.15) is 19.5 Å². The summed E-state index contributed by atoms with van der Waals surface area (Å²) in [7, 11) is 0. The van der Waals surface area contributed by atoms with Gasteiger partial charge in [0.25, 0.3) is 0 Å². The lowest BCUT2D eigenvalue weighted by Gasteiger charge is -2.06. The van der Waals surface area contributed by atoms with Gasteiger partial charge in [-0.15, -0.1) is 0 Å². The zero-order valence-electron chi connectivity index (χ0n) is 12.5. The Kier molecular flexibility index (Phi) is 5.51. The van der Waals surface area contributed by atoms with Crippen LogP contribution < -0.4 is 10.6 Å². The van der Waals surface area contributed by atoms with Crippen molar-refractivity contribution in [3.63, 3.8) is 0 Å². The zero-order valence-corrected chi connectivity index (χ0v) is 12.5. The quantitative estimate of drug-likeness (QED) is 0.821. The molecule has 5 heteroatoms. The topological polar surface area (TPSA) is 59.0 Å². The minimum Gasteiger partial charge on any atom is -0.328 e. The van der Waals surface area contributed by atoms with E-state index < -0.39 is 0 Å². The van der Waals surface area contributed by atoms with Crippen LogP contribution in [0, 0.1) is 5.92 Å². The Bertz CT molecular complexity index is 563. The van der Waals surface area contributed by atoms with E-state index in [0.717, 1.165) is 24.5 Å². The van der Waals surface area contributed by atoms with Gasteiger partial charge in [-0.1, -0.05) is 32.0 Å². The third kappa shape index (κ3) is 5.39. The summed E-state index contributed by atoms with van der Waals surface area (Å²) in [5, 5.41) is 6.19. The Morgan fingerprint density at radius 2 is 2.05 bits per heavy atom. The van der Waals surface area contributed by atoms with Crippen molar-refractivity contribution in [1.82, 2.24) is 14.9 Å². The number of rotatable bonds is 7. The highest BCUT2D eigenvalue weighted by molar-refractivity contribution is 5.90. The van der Waals surface area contributed by atoms with Crippen LogP contribution in [0.15, 0.2) is 42.9 Å². The van der Waals surface area contributed by atoms with Gasteiger partial charge in [0.15, 0.2) is 0 Å². The molecule has 2 N–H and O–H groups in total. The minimum absolute atomic E-state index is 0.0553. The number of carbonyl (C=O) groups is 1. The fourth-order valence-electron chi connectivity index (χ4n) is 1.96. The normalized spacial score (nSPS) is 10.8. The molecule has 0 aliphatic heterocycles. The number of nitrogens with one attached hydrogen (secondary N) is 2. The maximum Gasteiger partial charge on any atom is 0.244 e. The van der Waals surface area contributed by atoms with Gasteiger partial charge in [-0.2, -0.15) is 0 Å². The molecule has 1 aromatic carbocycles. The number of hydrogen-bond donors (Lipinski definition) is 2. The molecule has 2 aromatic rings. The van der Waals surface area contributed by atoms with Gasteiger partial charge in [0, 0.05) is 18.4 Å². The second kappa shape index (κ2) is 7.59. The average molecular weight is 286 g/mol. The third-order valence-electron chi connectivity index (χ3n) is 2.93. The minimum atomic E-state index is -0.0553. The molecule has 0 spiro atoms. The molecule has 0 radical (unpaired) electrons. The number of imidazole rings is 1. The first kappa shape index (κ1) is 15.3. The van der Waals surface area contributed by atoms with E-state index in [1.54, 1.807) is 10.9 Å². The SMILES string of the molecule is CC(C)CNCc1cn(CC(=O)Nc2ccccc2)cn1. The lowest BCUT2D eigenvalue weighted by atomic mass is 10.2. The van der Waals surface area contributed by atoms with Crippen LogP contribution >= 0.6 is 0 Å². The molecule has 1 amide bonds. The molecule has 21 heavy (non-hydrogen) atoms. The highest BCUT2D eigenvalue weighted by atomic mass is 16.1. The molecule has 0 atom stereocenters. The monoisotopic (exact) mass is 286 g/mol. The van der Waals surface area contributed by atoms with Crippen molar-refractivity contribution in [2.24, 2.45) is 5.92 Å². The van der Waals surface area contributed by atoms with Crippen LogP contribution in [0.3, 0.4) is 0 Å². The molecule has 0 aliphatic rings. The predicted octanol–water partition coefficient (Wildman–Crippen LogP) is 2.27. The Labute approximate surface area is 125 Å². The van der Waals surface area contributed by atoms with Gasteiger partial charge in [-0.25, -0.2) is 4.98 Å². The lowest BCUT2D eigenvalue weighted by molar-refractivity contribution is -0.116. The molecule has 1 heterocycles. The van der Waals surface area contributed by atoms with Crippen molar-refractivity contribution in [2.75, 3.05) is 11.9 Å². The third-order valence-corrected chi connectivity index (χ3v) is 2.93. The van der Waals surface area contributed by atoms with Crippen LogP contribution in [0.2, 0.25) is 0 Å². The number of para-hydroxylation sites is 1. The molecular formula is C16H22N4O. The second-order valence-corrected chi connectivity index (χ2v) is 5.48. The number of nitrogens with zero attached hydrogens (tertiary/aromatic N) is 2. The molecule has 1 aromatic heterocycles. The van der Waals surface area contributed by atoms with Gasteiger partial charge in [0.05, 0.1) is 12.0 Å². The van der Waals surface area contributed by atoms with E-state index in [2.05, 4.69) is 29.5 Å². The van der Waals surface area contributed by atoms with Crippen molar-refractivity contribution in [3.05, 3.63) is 48.5 Å². The van der Waals surface area contributed by atoms with E-state index in [-0.39, 0.29) is 12.5 Å². The molecule has 0 saturated heterocycles. The number of aromatic nitrogens is 2. The van der Waals surface area contributed by atoms with Crippen molar-refractivity contribution < 1.29 is 4.79 Å². The highest BCUT2D eigenvalue weighted by Gasteiger charge is 2.05. The van der Waals surface area contributed by atoms with Crippen LogP contribution in [0.5, 0.6) is 0 Å². The summed E-state index contributed by atoms with van der Waals surface area (Å²) < 4.78 is 1.80. The molecule has 2 rings (SSSR count). The summed E-state index contributed by atoms with van der Waals surface area (Å²) in [6, 6.07) is 9.44. The molecule has 0 aliphatic carbocycles. The zero-order chi connectivity index (χ0) is 15.1. The van der Waals surface area contributed by atoms with Crippen LogP contribution in [0.25, 0.3) is 0 Å². The number of benzene rings is 1. The Morgan fingerprint density at radius 3 is 2.76 bits per heavy atom. The highest BCUT2D eigenvalue weighted by Crippen LogP contribution is 2.05. The molecule has 0 unspecified atom stereocenters. The van der Waals surface area contributed by atoms with E-state index in [1.165, 1.54) is 0 Å². The number of carbonyl (C=O) groups excluding carboxylic acids is 1. The Hall–Kier alpha value is -2.14. The van der Waals surface area contributed by atoms with E-state index in [4.69, 9.17) is 0 Å². The van der Waals surface area contributed by atoms with Gasteiger partial charge >= 0.3 is 0 Å². The van der Waals surface area contributed by atoms with Gasteiger partial charge in [-0.3, -0.25) is 4.79 Å². The fraction of sp³-hybridized carbons (Fsp3) is 0.375. The number of anilines is 1. The van der Waals surface area contributed by atoms with Gasteiger partial charge in [0.1, 0.15) is 6.54 Å². The fourth-order valence-corrected chi connectivity index (χ4v) is 1.96. The molecule has 5 nitrogen and oxygen atoms in total. The molecule has 0 saturated carbocycles. The maximum atomic E-state index is 11.9. The molecular weight excluding hydrogens is 264 g/mol. The van der Waals surface area contributed by atoms with E-state index in [1.807, 2.05) is 36.5 Å². The van der Waals surface area contributed by atoms with Crippen molar-refractivity contribution in [3.8, 4) is 0 Å². The lowest BCUT2D eigenvalue weighted by Crippen LogP contribution is -2.19. The summed E-state index contributed by atoms with van der Waals surface area (Å²) in [6.07, 6.45) is 3.59. The van der Waals surface area contributed by atoms with Gasteiger partial charge in [-0.05, 0) is 24.6 Å². The van der Waals surface area contributed by atoms with Crippen LogP contribution in [-0.4, -0.2) is 22.0 Å². The van der Waals surface area contributed by atoms with E-state index >= 15 is 0 Å². The largest absolute Gasteiger partial charge is 0.328 e. The number of hydrogen-bond acceptors (Lipinski definition) is 3. The summed E-state index contributed by atoms with van der Waals surface area (Å²) in [5.41, 5.74) is 1.75. The Morgan fingerprint density at radius 1 is 1.29 bits per heavy atom. The first-order valence-corrected chi connectivity index (χ1v) is 7.20. The van der Waals surface area contributed by atoms with Crippen LogP contribution in [0.4, 0.5) is 5.69 Å². The van der Waals surface area contributed by atoms with E-state index in [0.29, 0.717) is 5.92 Å². The summed E-state index contributed by atoms with van der Waals surface area (Å²) in [5.74, 6) is 0.559. The van der Waals surface area contributed by atoms with Crippen molar-refractivity contribution in [2.45, 2.75) is 26.9 Å². The van der Waals surface area contributed by atoms with Crippen molar-refractivity contribution in [1.29, 1.82) is 0 Å². The molecule has 0 fully saturated rings. The summed E-state index contributed by atoms with van der Waals surface area (Å²) >= 11 is 0. The number of amides is 1. The van der Waals surface area contributed by atoms with Gasteiger partial charge < -0.3 is 15.2 Å². The Balaban J connectivity index is 1.80. The second-order valence-electron chi connectivity index (χ2n) is 5.48. The smallest absolute Gasteiger partial charge is 0.244 e. The first-order valence-electron chi connectivity index (χ1n) is 7.20. The maximum absolute atomic E-state index is 11.9. The average Bonchev–Trinajstić information content (AvgIpc) is 2.86. The first-order chi connectivity index (χ1) is 10.1. The molecule has 0 bridgehead atoms.